The predicted molar refractivity (Wildman–Crippen MR) is 72.6 cm³/mol. The molecule has 0 saturated heterocycles. The molecule has 94 valence electrons. The first-order chi connectivity index (χ1) is 7.75. The Labute approximate surface area is 111 Å². The van der Waals surface area contributed by atoms with Gasteiger partial charge in [0.25, 0.3) is 0 Å². The normalized spacial score (nSPS) is 10.5. The van der Waals surface area contributed by atoms with Crippen molar-refractivity contribution in [1.29, 1.82) is 0 Å². The van der Waals surface area contributed by atoms with Crippen molar-refractivity contribution in [3.63, 3.8) is 0 Å². The van der Waals surface area contributed by atoms with Crippen molar-refractivity contribution in [2.75, 3.05) is 0 Å². The molecule has 2 heterocycles. The molecule has 2 rings (SSSR count). The van der Waals surface area contributed by atoms with Gasteiger partial charge in [-0.1, -0.05) is 13.8 Å². The van der Waals surface area contributed by atoms with Crippen molar-refractivity contribution in [3.05, 3.63) is 34.3 Å². The molecule has 0 aromatic carbocycles. The number of nitrogens with zero attached hydrogens (tertiary/aromatic N) is 2. The third-order valence-corrected chi connectivity index (χ3v) is 3.41. The van der Waals surface area contributed by atoms with Crippen LogP contribution >= 0.6 is 23.7 Å². The number of H-pyrrole nitrogens is 1. The highest BCUT2D eigenvalue weighted by molar-refractivity contribution is 7.09. The number of rotatable bonds is 5. The van der Waals surface area contributed by atoms with Gasteiger partial charge in [0.1, 0.15) is 5.82 Å². The zero-order valence-corrected chi connectivity index (χ0v) is 11.6. The number of halogens is 1. The molecule has 4 nitrogen and oxygen atoms in total. The van der Waals surface area contributed by atoms with E-state index < -0.39 is 0 Å². The number of hydrogen-bond donors (Lipinski definition) is 2. The van der Waals surface area contributed by atoms with E-state index in [1.165, 1.54) is 5.01 Å². The van der Waals surface area contributed by atoms with E-state index in [4.69, 9.17) is 0 Å². The Kier molecular flexibility index (Phi) is 5.61. The van der Waals surface area contributed by atoms with Crippen LogP contribution in [0.4, 0.5) is 0 Å². The van der Waals surface area contributed by atoms with Crippen molar-refractivity contribution < 1.29 is 0 Å². The van der Waals surface area contributed by atoms with Gasteiger partial charge >= 0.3 is 0 Å². The Morgan fingerprint density at radius 2 is 2.24 bits per heavy atom. The van der Waals surface area contributed by atoms with Crippen molar-refractivity contribution in [3.8, 4) is 0 Å². The molecule has 2 aromatic rings. The van der Waals surface area contributed by atoms with E-state index >= 15 is 0 Å². The quantitative estimate of drug-likeness (QED) is 0.880. The fourth-order valence-electron chi connectivity index (χ4n) is 1.37. The van der Waals surface area contributed by atoms with E-state index in [-0.39, 0.29) is 12.4 Å². The molecule has 0 spiro atoms. The first kappa shape index (κ1) is 14.2. The standard InChI is InChI=1S/C11H16N4S.ClH/c1-8(2)11-15-9(7-16-11)5-12-6-10-13-3-4-14-10;/h3-4,7-8,12H,5-6H2,1-2H3,(H,13,14);1H. The van der Waals surface area contributed by atoms with E-state index in [2.05, 4.69) is 39.5 Å². The zero-order valence-electron chi connectivity index (χ0n) is 9.93. The van der Waals surface area contributed by atoms with Crippen LogP contribution in [0.2, 0.25) is 0 Å². The topological polar surface area (TPSA) is 53.6 Å². The van der Waals surface area contributed by atoms with E-state index in [0.29, 0.717) is 5.92 Å². The van der Waals surface area contributed by atoms with Crippen molar-refractivity contribution in [1.82, 2.24) is 20.3 Å². The molecule has 0 fully saturated rings. The van der Waals surface area contributed by atoms with E-state index in [1.807, 2.05) is 6.20 Å². The Bertz CT molecular complexity index is 424. The molecule has 2 aromatic heterocycles. The van der Waals surface area contributed by atoms with Crippen LogP contribution in [0.5, 0.6) is 0 Å². The highest BCUT2D eigenvalue weighted by atomic mass is 35.5. The lowest BCUT2D eigenvalue weighted by Gasteiger charge is -2.00. The van der Waals surface area contributed by atoms with Crippen molar-refractivity contribution in [2.24, 2.45) is 0 Å². The minimum atomic E-state index is 0. The van der Waals surface area contributed by atoms with Crippen LogP contribution in [0.15, 0.2) is 17.8 Å². The second-order valence-electron chi connectivity index (χ2n) is 3.97. The predicted octanol–water partition coefficient (Wildman–Crippen LogP) is 2.70. The number of hydrogen-bond acceptors (Lipinski definition) is 4. The van der Waals surface area contributed by atoms with Gasteiger partial charge in [-0.15, -0.1) is 23.7 Å². The SMILES string of the molecule is CC(C)c1nc(CNCc2ncc[nH]2)cs1.Cl. The molecule has 0 aliphatic rings. The molecule has 17 heavy (non-hydrogen) atoms. The minimum absolute atomic E-state index is 0. The summed E-state index contributed by atoms with van der Waals surface area (Å²) in [6.45, 7) is 5.88. The summed E-state index contributed by atoms with van der Waals surface area (Å²) >= 11 is 1.73. The summed E-state index contributed by atoms with van der Waals surface area (Å²) in [5.41, 5.74) is 1.11. The molecule has 0 aliphatic heterocycles. The largest absolute Gasteiger partial charge is 0.348 e. The van der Waals surface area contributed by atoms with Crippen molar-refractivity contribution in [2.45, 2.75) is 32.9 Å². The van der Waals surface area contributed by atoms with Gasteiger partial charge in [-0.25, -0.2) is 9.97 Å². The number of thiazole rings is 1. The molecule has 6 heteroatoms. The molecule has 0 saturated carbocycles. The molecule has 0 unspecified atom stereocenters. The molecule has 0 aliphatic carbocycles. The van der Waals surface area contributed by atoms with E-state index in [0.717, 1.165) is 24.6 Å². The number of aromatic amines is 1. The van der Waals surface area contributed by atoms with Crippen LogP contribution < -0.4 is 5.32 Å². The molecule has 0 radical (unpaired) electrons. The Balaban J connectivity index is 0.00000144. The summed E-state index contributed by atoms with van der Waals surface area (Å²) in [4.78, 5) is 11.8. The minimum Gasteiger partial charge on any atom is -0.348 e. The fourth-order valence-corrected chi connectivity index (χ4v) is 2.21. The van der Waals surface area contributed by atoms with Crippen LogP contribution in [0, 0.1) is 0 Å². The van der Waals surface area contributed by atoms with Gasteiger partial charge in [0.2, 0.25) is 0 Å². The second kappa shape index (κ2) is 6.74. The maximum atomic E-state index is 4.55. The molecular weight excluding hydrogens is 256 g/mol. The number of aromatic nitrogens is 3. The van der Waals surface area contributed by atoms with Gasteiger partial charge in [-0.3, -0.25) is 0 Å². The van der Waals surface area contributed by atoms with Crippen LogP contribution in [0.25, 0.3) is 0 Å². The average Bonchev–Trinajstić information content (AvgIpc) is 2.87. The van der Waals surface area contributed by atoms with Crippen LogP contribution in [-0.2, 0) is 13.1 Å². The molecule has 2 N–H and O–H groups in total. The Hall–Kier alpha value is -0.910. The van der Waals surface area contributed by atoms with Gasteiger partial charge in [0.15, 0.2) is 0 Å². The third-order valence-electron chi connectivity index (χ3n) is 2.22. The molecule has 0 bridgehead atoms. The van der Waals surface area contributed by atoms with E-state index in [1.54, 1.807) is 17.5 Å². The van der Waals surface area contributed by atoms with Gasteiger partial charge < -0.3 is 10.3 Å². The molecule has 0 atom stereocenters. The zero-order chi connectivity index (χ0) is 11.4. The number of imidazole rings is 1. The monoisotopic (exact) mass is 272 g/mol. The van der Waals surface area contributed by atoms with Crippen LogP contribution in [-0.4, -0.2) is 15.0 Å². The Morgan fingerprint density at radius 3 is 2.82 bits per heavy atom. The first-order valence-electron chi connectivity index (χ1n) is 5.39. The number of nitrogens with one attached hydrogen (secondary N) is 2. The van der Waals surface area contributed by atoms with E-state index in [9.17, 15) is 0 Å². The van der Waals surface area contributed by atoms with Gasteiger partial charge in [0, 0.05) is 30.2 Å². The summed E-state index contributed by atoms with van der Waals surface area (Å²) in [5, 5.41) is 6.63. The third kappa shape index (κ3) is 4.11. The van der Waals surface area contributed by atoms with Gasteiger partial charge in [0.05, 0.1) is 17.2 Å². The van der Waals surface area contributed by atoms with Crippen LogP contribution in [0.3, 0.4) is 0 Å². The van der Waals surface area contributed by atoms with Crippen molar-refractivity contribution >= 4 is 23.7 Å². The Morgan fingerprint density at radius 1 is 1.41 bits per heavy atom. The fraction of sp³-hybridized carbons (Fsp3) is 0.455. The maximum Gasteiger partial charge on any atom is 0.120 e. The summed E-state index contributed by atoms with van der Waals surface area (Å²) in [6.07, 6.45) is 3.59. The lowest BCUT2D eigenvalue weighted by atomic mass is 10.2. The summed E-state index contributed by atoms with van der Waals surface area (Å²) in [6, 6.07) is 0. The summed E-state index contributed by atoms with van der Waals surface area (Å²) < 4.78 is 0. The lowest BCUT2D eigenvalue weighted by Crippen LogP contribution is -2.13. The molecular formula is C11H17ClN4S. The highest BCUT2D eigenvalue weighted by Gasteiger charge is 2.05. The smallest absolute Gasteiger partial charge is 0.120 e. The van der Waals surface area contributed by atoms with Gasteiger partial charge in [-0.2, -0.15) is 0 Å². The summed E-state index contributed by atoms with van der Waals surface area (Å²) in [5.74, 6) is 1.48. The lowest BCUT2D eigenvalue weighted by molar-refractivity contribution is 0.656. The highest BCUT2D eigenvalue weighted by Crippen LogP contribution is 2.18. The van der Waals surface area contributed by atoms with Crippen LogP contribution in [0.1, 0.15) is 36.3 Å². The molecule has 0 amide bonds. The average molecular weight is 273 g/mol. The first-order valence-corrected chi connectivity index (χ1v) is 6.27. The second-order valence-corrected chi connectivity index (χ2v) is 4.86. The maximum absolute atomic E-state index is 4.55. The summed E-state index contributed by atoms with van der Waals surface area (Å²) in [7, 11) is 0. The van der Waals surface area contributed by atoms with Gasteiger partial charge in [-0.05, 0) is 0 Å².